The first-order valence-corrected chi connectivity index (χ1v) is 10.8. The number of nitrogens with zero attached hydrogens (tertiary/aromatic N) is 3. The largest absolute Gasteiger partial charge is 0.469 e. The summed E-state index contributed by atoms with van der Waals surface area (Å²) in [7, 11) is 0. The van der Waals surface area contributed by atoms with E-state index in [-0.39, 0.29) is 24.0 Å². The number of hydrogen-bond acceptors (Lipinski definition) is 4. The highest BCUT2D eigenvalue weighted by molar-refractivity contribution is 14.0. The van der Waals surface area contributed by atoms with Crippen LogP contribution >= 0.6 is 24.0 Å². The van der Waals surface area contributed by atoms with Gasteiger partial charge in [-0.05, 0) is 50.9 Å². The average Bonchev–Trinajstić information content (AvgIpc) is 3.45. The SMILES string of the molecule is CCN1CCCC1CN=C(NCCCN1CCCC1=O)NCCc1ccco1.I. The maximum absolute atomic E-state index is 11.7. The topological polar surface area (TPSA) is 73.1 Å². The number of hydrogen-bond donors (Lipinski definition) is 2. The van der Waals surface area contributed by atoms with E-state index < -0.39 is 0 Å². The summed E-state index contributed by atoms with van der Waals surface area (Å²) >= 11 is 0. The fourth-order valence-corrected chi connectivity index (χ4v) is 4.07. The first-order chi connectivity index (χ1) is 13.8. The predicted molar refractivity (Wildman–Crippen MR) is 127 cm³/mol. The van der Waals surface area contributed by atoms with Crippen LogP contribution in [-0.2, 0) is 11.2 Å². The van der Waals surface area contributed by atoms with Gasteiger partial charge in [-0.1, -0.05) is 6.92 Å². The molecule has 1 unspecified atom stereocenters. The molecule has 2 N–H and O–H groups in total. The van der Waals surface area contributed by atoms with Crippen molar-refractivity contribution in [3.8, 4) is 0 Å². The normalized spacial score (nSPS) is 20.2. The number of likely N-dealkylation sites (tertiary alicyclic amines) is 2. The summed E-state index contributed by atoms with van der Waals surface area (Å²) in [6.45, 7) is 8.68. The smallest absolute Gasteiger partial charge is 0.222 e. The van der Waals surface area contributed by atoms with Crippen molar-refractivity contribution in [2.24, 2.45) is 4.99 Å². The molecule has 29 heavy (non-hydrogen) atoms. The van der Waals surface area contributed by atoms with Gasteiger partial charge < -0.3 is 20.0 Å². The summed E-state index contributed by atoms with van der Waals surface area (Å²) in [5, 5.41) is 6.88. The third kappa shape index (κ3) is 7.81. The standard InChI is InChI=1S/C21H35N5O2.HI/c1-2-25-13-3-7-18(25)17-24-21(23-12-10-19-8-5-16-28-19)22-11-6-15-26-14-4-9-20(26)27;/h5,8,16,18H,2-4,6-7,9-15,17H2,1H3,(H2,22,23,24);1H. The third-order valence-corrected chi connectivity index (χ3v) is 5.68. The molecule has 2 aliphatic heterocycles. The monoisotopic (exact) mass is 517 g/mol. The Morgan fingerprint density at radius 1 is 1.28 bits per heavy atom. The van der Waals surface area contributed by atoms with Crippen molar-refractivity contribution in [1.29, 1.82) is 0 Å². The highest BCUT2D eigenvalue weighted by atomic mass is 127. The van der Waals surface area contributed by atoms with Gasteiger partial charge in [0, 0.05) is 45.1 Å². The van der Waals surface area contributed by atoms with Gasteiger partial charge in [-0.2, -0.15) is 0 Å². The summed E-state index contributed by atoms with van der Waals surface area (Å²) in [6, 6.07) is 4.47. The van der Waals surface area contributed by atoms with E-state index in [0.29, 0.717) is 18.4 Å². The molecule has 0 radical (unpaired) electrons. The molecule has 2 fully saturated rings. The molecular formula is C21H36IN5O2. The molecule has 1 amide bonds. The first kappa shape index (κ1) is 24.0. The van der Waals surface area contributed by atoms with Crippen LogP contribution in [0.4, 0.5) is 0 Å². The second kappa shape index (κ2) is 13.1. The summed E-state index contributed by atoms with van der Waals surface area (Å²) in [4.78, 5) is 21.1. The van der Waals surface area contributed by atoms with Crippen molar-refractivity contribution < 1.29 is 9.21 Å². The van der Waals surface area contributed by atoms with Crippen molar-refractivity contribution in [3.63, 3.8) is 0 Å². The summed E-state index contributed by atoms with van der Waals surface area (Å²) in [5.41, 5.74) is 0. The minimum atomic E-state index is 0. The Morgan fingerprint density at radius 2 is 2.14 bits per heavy atom. The van der Waals surface area contributed by atoms with Crippen LogP contribution in [0.15, 0.2) is 27.8 Å². The van der Waals surface area contributed by atoms with Crippen LogP contribution < -0.4 is 10.6 Å². The maximum atomic E-state index is 11.7. The van der Waals surface area contributed by atoms with Crippen molar-refractivity contribution in [3.05, 3.63) is 24.2 Å². The van der Waals surface area contributed by atoms with Crippen LogP contribution in [0, 0.1) is 0 Å². The van der Waals surface area contributed by atoms with E-state index in [1.165, 1.54) is 19.4 Å². The number of aliphatic imine (C=N–C) groups is 1. The fourth-order valence-electron chi connectivity index (χ4n) is 4.07. The molecule has 1 aromatic rings. The number of carbonyl (C=O) groups excluding carboxylic acids is 1. The van der Waals surface area contributed by atoms with E-state index in [0.717, 1.165) is 70.3 Å². The van der Waals surface area contributed by atoms with Crippen molar-refractivity contribution in [2.45, 2.75) is 51.5 Å². The molecule has 0 saturated carbocycles. The van der Waals surface area contributed by atoms with Crippen LogP contribution in [0.5, 0.6) is 0 Å². The average molecular weight is 517 g/mol. The van der Waals surface area contributed by atoms with Gasteiger partial charge in [0.15, 0.2) is 5.96 Å². The van der Waals surface area contributed by atoms with Gasteiger partial charge in [-0.25, -0.2) is 0 Å². The Labute approximate surface area is 191 Å². The lowest BCUT2D eigenvalue weighted by Gasteiger charge is -2.22. The second-order valence-electron chi connectivity index (χ2n) is 7.63. The molecule has 7 nitrogen and oxygen atoms in total. The van der Waals surface area contributed by atoms with Gasteiger partial charge in [0.2, 0.25) is 5.91 Å². The Bertz CT molecular complexity index is 623. The number of rotatable bonds is 10. The van der Waals surface area contributed by atoms with E-state index in [1.54, 1.807) is 6.26 Å². The van der Waals surface area contributed by atoms with Crippen LogP contribution in [0.3, 0.4) is 0 Å². The van der Waals surface area contributed by atoms with Crippen LogP contribution in [0.1, 0.15) is 44.8 Å². The number of amides is 1. The summed E-state index contributed by atoms with van der Waals surface area (Å²) < 4.78 is 5.41. The number of guanidine groups is 1. The second-order valence-corrected chi connectivity index (χ2v) is 7.63. The summed E-state index contributed by atoms with van der Waals surface area (Å²) in [6.07, 6.45) is 7.70. The van der Waals surface area contributed by atoms with Gasteiger partial charge in [-0.3, -0.25) is 14.7 Å². The van der Waals surface area contributed by atoms with E-state index in [4.69, 9.17) is 9.41 Å². The molecule has 1 atom stereocenters. The van der Waals surface area contributed by atoms with Crippen molar-refractivity contribution >= 4 is 35.8 Å². The lowest BCUT2D eigenvalue weighted by atomic mass is 10.2. The minimum Gasteiger partial charge on any atom is -0.469 e. The number of furan rings is 1. The lowest BCUT2D eigenvalue weighted by Crippen LogP contribution is -2.41. The van der Waals surface area contributed by atoms with Gasteiger partial charge >= 0.3 is 0 Å². The van der Waals surface area contributed by atoms with Gasteiger partial charge in [0.1, 0.15) is 5.76 Å². The molecule has 0 aromatic carbocycles. The molecule has 0 spiro atoms. The number of carbonyl (C=O) groups is 1. The van der Waals surface area contributed by atoms with E-state index in [9.17, 15) is 4.79 Å². The van der Waals surface area contributed by atoms with Crippen LogP contribution in [0.25, 0.3) is 0 Å². The van der Waals surface area contributed by atoms with Gasteiger partial charge in [-0.15, -0.1) is 24.0 Å². The third-order valence-electron chi connectivity index (χ3n) is 5.68. The quantitative estimate of drug-likeness (QED) is 0.216. The fraction of sp³-hybridized carbons (Fsp3) is 0.714. The van der Waals surface area contributed by atoms with Crippen molar-refractivity contribution in [2.75, 3.05) is 45.8 Å². The van der Waals surface area contributed by atoms with Gasteiger partial charge in [0.05, 0.1) is 12.8 Å². The molecule has 0 aliphatic carbocycles. The van der Waals surface area contributed by atoms with Crippen LogP contribution in [0.2, 0.25) is 0 Å². The Morgan fingerprint density at radius 3 is 2.86 bits per heavy atom. The summed E-state index contributed by atoms with van der Waals surface area (Å²) in [5.74, 6) is 2.14. The minimum absolute atomic E-state index is 0. The molecule has 8 heteroatoms. The maximum Gasteiger partial charge on any atom is 0.222 e. The Balaban J connectivity index is 0.00000300. The van der Waals surface area contributed by atoms with Crippen molar-refractivity contribution in [1.82, 2.24) is 20.4 Å². The Hall–Kier alpha value is -1.29. The van der Waals surface area contributed by atoms with E-state index in [1.807, 2.05) is 17.0 Å². The molecule has 0 bridgehead atoms. The zero-order valence-electron chi connectivity index (χ0n) is 17.6. The highest BCUT2D eigenvalue weighted by Crippen LogP contribution is 2.16. The molecule has 2 aliphatic rings. The Kier molecular flexibility index (Phi) is 10.8. The molecular weight excluding hydrogens is 481 g/mol. The van der Waals surface area contributed by atoms with E-state index in [2.05, 4.69) is 22.5 Å². The molecule has 3 rings (SSSR count). The van der Waals surface area contributed by atoms with E-state index >= 15 is 0 Å². The zero-order chi connectivity index (χ0) is 19.6. The number of likely N-dealkylation sites (N-methyl/N-ethyl adjacent to an activating group) is 1. The molecule has 3 heterocycles. The molecule has 2 saturated heterocycles. The molecule has 1 aromatic heterocycles. The first-order valence-electron chi connectivity index (χ1n) is 10.8. The highest BCUT2D eigenvalue weighted by Gasteiger charge is 2.22. The lowest BCUT2D eigenvalue weighted by molar-refractivity contribution is -0.127. The van der Waals surface area contributed by atoms with Gasteiger partial charge in [0.25, 0.3) is 0 Å². The number of nitrogens with one attached hydrogen (secondary N) is 2. The van der Waals surface area contributed by atoms with Crippen LogP contribution in [-0.4, -0.2) is 73.5 Å². The molecule has 164 valence electrons. The number of halogens is 1. The predicted octanol–water partition coefficient (Wildman–Crippen LogP) is 2.47. The zero-order valence-corrected chi connectivity index (χ0v) is 19.9.